The number of esters is 2. The zero-order chi connectivity index (χ0) is 38.9. The average molecular weight is 773 g/mol. The molecule has 0 unspecified atom stereocenters. The molecule has 1 atom stereocenters. The number of ether oxygens (including phenoxy) is 2. The van der Waals surface area contributed by atoms with Crippen LogP contribution >= 0.6 is 7.82 Å². The average Bonchev–Trinajstić information content (AvgIpc) is 3.13. The fraction of sp³-hybridized carbons (Fsp3) is 0.909. The summed E-state index contributed by atoms with van der Waals surface area (Å²) in [6.07, 6.45) is 45.1. The van der Waals surface area contributed by atoms with E-state index in [-0.39, 0.29) is 19.4 Å². The molecule has 0 aliphatic heterocycles. The van der Waals surface area contributed by atoms with E-state index in [4.69, 9.17) is 19.3 Å². The van der Waals surface area contributed by atoms with Gasteiger partial charge in [-0.15, -0.1) is 0 Å². The van der Waals surface area contributed by atoms with Gasteiger partial charge in [0.15, 0.2) is 6.10 Å². The summed E-state index contributed by atoms with van der Waals surface area (Å²) >= 11 is 0. The molecular weight excluding hydrogens is 687 g/mol. The van der Waals surface area contributed by atoms with Crippen LogP contribution in [0, 0.1) is 0 Å². The molecule has 0 rings (SSSR count). The van der Waals surface area contributed by atoms with Crippen molar-refractivity contribution in [2.75, 3.05) is 13.2 Å². The Labute approximate surface area is 327 Å². The van der Waals surface area contributed by atoms with Gasteiger partial charge in [-0.05, 0) is 38.5 Å². The van der Waals surface area contributed by atoms with Gasteiger partial charge in [0, 0.05) is 12.8 Å². The molecule has 0 aromatic carbocycles. The first-order valence-electron chi connectivity index (χ1n) is 22.5. The first kappa shape index (κ1) is 51.8. The Morgan fingerprint density at radius 2 is 0.792 bits per heavy atom. The predicted octanol–water partition coefficient (Wildman–Crippen LogP) is 13.8. The van der Waals surface area contributed by atoms with Crippen molar-refractivity contribution in [3.63, 3.8) is 0 Å². The molecule has 0 radical (unpaired) electrons. The van der Waals surface area contributed by atoms with E-state index in [1.54, 1.807) is 0 Å². The fourth-order valence-electron chi connectivity index (χ4n) is 6.66. The maximum atomic E-state index is 12.4. The smallest absolute Gasteiger partial charge is 0.462 e. The van der Waals surface area contributed by atoms with Crippen molar-refractivity contribution < 1.29 is 37.9 Å². The van der Waals surface area contributed by atoms with Gasteiger partial charge in [0.2, 0.25) is 0 Å². The molecule has 0 spiro atoms. The third kappa shape index (κ3) is 43.4. The molecule has 0 aliphatic carbocycles. The van der Waals surface area contributed by atoms with Gasteiger partial charge in [-0.25, -0.2) is 4.57 Å². The zero-order valence-electron chi connectivity index (χ0n) is 34.7. The first-order chi connectivity index (χ1) is 25.8. The molecule has 2 N–H and O–H groups in total. The van der Waals surface area contributed by atoms with Gasteiger partial charge in [0.25, 0.3) is 0 Å². The summed E-state index contributed by atoms with van der Waals surface area (Å²) in [6, 6.07) is 0. The number of rotatable bonds is 42. The number of allylic oxidation sites excluding steroid dienone is 2. The lowest BCUT2D eigenvalue weighted by atomic mass is 10.0. The Morgan fingerprint density at radius 3 is 1.15 bits per heavy atom. The Balaban J connectivity index is 3.83. The van der Waals surface area contributed by atoms with Crippen molar-refractivity contribution in [3.8, 4) is 0 Å². The number of hydrogen-bond donors (Lipinski definition) is 2. The molecule has 53 heavy (non-hydrogen) atoms. The molecular formula is C44H85O8P. The number of phosphoric ester groups is 1. The van der Waals surface area contributed by atoms with Gasteiger partial charge < -0.3 is 19.3 Å². The highest BCUT2D eigenvalue weighted by molar-refractivity contribution is 7.46. The van der Waals surface area contributed by atoms with E-state index >= 15 is 0 Å². The molecule has 0 fully saturated rings. The van der Waals surface area contributed by atoms with E-state index in [1.165, 1.54) is 167 Å². The molecule has 0 bridgehead atoms. The highest BCUT2D eigenvalue weighted by Crippen LogP contribution is 2.36. The minimum atomic E-state index is -4.75. The second kappa shape index (κ2) is 40.5. The van der Waals surface area contributed by atoms with Crippen LogP contribution in [0.15, 0.2) is 12.2 Å². The van der Waals surface area contributed by atoms with Gasteiger partial charge in [-0.1, -0.05) is 199 Å². The van der Waals surface area contributed by atoms with E-state index in [0.717, 1.165) is 38.5 Å². The van der Waals surface area contributed by atoms with Crippen molar-refractivity contribution in [2.45, 2.75) is 245 Å². The fourth-order valence-corrected chi connectivity index (χ4v) is 7.02. The number of carbonyl (C=O) groups is 2. The summed E-state index contributed by atoms with van der Waals surface area (Å²) in [5, 5.41) is 0. The SMILES string of the molecule is CCCCCCCC/C=C/CCCCCCCCCCCCCC(=O)O[C@H](COC(=O)CCCCCCCCCCCCCCCC)COP(=O)(O)O. The zero-order valence-corrected chi connectivity index (χ0v) is 35.6. The van der Waals surface area contributed by atoms with Gasteiger partial charge in [0.05, 0.1) is 6.61 Å². The summed E-state index contributed by atoms with van der Waals surface area (Å²) in [5.74, 6) is -0.872. The normalized spacial score (nSPS) is 12.5. The monoisotopic (exact) mass is 773 g/mol. The summed E-state index contributed by atoms with van der Waals surface area (Å²) < 4.78 is 26.4. The van der Waals surface area contributed by atoms with Gasteiger partial charge in [0.1, 0.15) is 6.61 Å². The van der Waals surface area contributed by atoms with Gasteiger partial charge in [-0.2, -0.15) is 0 Å². The number of hydrogen-bond acceptors (Lipinski definition) is 6. The third-order valence-corrected chi connectivity index (χ3v) is 10.5. The maximum Gasteiger partial charge on any atom is 0.469 e. The summed E-state index contributed by atoms with van der Waals surface area (Å²) in [7, 11) is -4.75. The standard InChI is InChI=1S/C44H85O8P/c1-3-5-7-9-11-13-15-17-19-20-21-22-23-24-25-27-29-31-33-35-37-39-44(46)52-42(41-51-53(47,48)49)40-50-43(45)38-36-34-32-30-28-26-18-16-14-12-10-8-6-4-2/h17,19,42H,3-16,18,20-41H2,1-2H3,(H2,47,48,49)/b19-17+/t42-/m1/s1. The third-order valence-electron chi connectivity index (χ3n) is 10.0. The van der Waals surface area contributed by atoms with Crippen molar-refractivity contribution in [3.05, 3.63) is 12.2 Å². The van der Waals surface area contributed by atoms with E-state index < -0.39 is 32.5 Å². The van der Waals surface area contributed by atoms with Crippen LogP contribution in [-0.2, 0) is 28.2 Å². The Morgan fingerprint density at radius 1 is 0.472 bits per heavy atom. The largest absolute Gasteiger partial charge is 0.469 e. The van der Waals surface area contributed by atoms with Crippen molar-refractivity contribution in [2.24, 2.45) is 0 Å². The van der Waals surface area contributed by atoms with Crippen LogP contribution in [0.2, 0.25) is 0 Å². The topological polar surface area (TPSA) is 119 Å². The highest BCUT2D eigenvalue weighted by atomic mass is 31.2. The predicted molar refractivity (Wildman–Crippen MR) is 221 cm³/mol. The molecule has 0 saturated carbocycles. The lowest BCUT2D eigenvalue weighted by Gasteiger charge is -2.18. The highest BCUT2D eigenvalue weighted by Gasteiger charge is 2.23. The molecule has 8 nitrogen and oxygen atoms in total. The van der Waals surface area contributed by atoms with E-state index in [1.807, 2.05) is 0 Å². The second-order valence-electron chi connectivity index (χ2n) is 15.4. The van der Waals surface area contributed by atoms with Crippen LogP contribution in [0.1, 0.15) is 239 Å². The van der Waals surface area contributed by atoms with Crippen molar-refractivity contribution in [1.82, 2.24) is 0 Å². The minimum absolute atomic E-state index is 0.216. The van der Waals surface area contributed by atoms with Crippen molar-refractivity contribution >= 4 is 19.8 Å². The lowest BCUT2D eigenvalue weighted by Crippen LogP contribution is -2.29. The van der Waals surface area contributed by atoms with Crippen LogP contribution in [0.25, 0.3) is 0 Å². The van der Waals surface area contributed by atoms with Crippen LogP contribution in [0.5, 0.6) is 0 Å². The lowest BCUT2D eigenvalue weighted by molar-refractivity contribution is -0.161. The maximum absolute atomic E-state index is 12.4. The molecule has 0 aromatic rings. The van der Waals surface area contributed by atoms with Crippen LogP contribution < -0.4 is 0 Å². The molecule has 9 heteroatoms. The van der Waals surface area contributed by atoms with E-state index in [0.29, 0.717) is 6.42 Å². The van der Waals surface area contributed by atoms with Crippen LogP contribution in [-0.4, -0.2) is 41.0 Å². The Kier molecular flexibility index (Phi) is 39.5. The molecule has 0 saturated heterocycles. The Hall–Kier alpha value is -1.21. The van der Waals surface area contributed by atoms with Gasteiger partial charge in [-0.3, -0.25) is 14.1 Å². The molecule has 0 amide bonds. The summed E-state index contributed by atoms with van der Waals surface area (Å²) in [6.45, 7) is 3.71. The molecule has 314 valence electrons. The number of carbonyl (C=O) groups excluding carboxylic acids is 2. The second-order valence-corrected chi connectivity index (χ2v) is 16.6. The minimum Gasteiger partial charge on any atom is -0.462 e. The van der Waals surface area contributed by atoms with Gasteiger partial charge >= 0.3 is 19.8 Å². The summed E-state index contributed by atoms with van der Waals surface area (Å²) in [4.78, 5) is 42.9. The number of unbranched alkanes of at least 4 members (excludes halogenated alkanes) is 30. The van der Waals surface area contributed by atoms with E-state index in [9.17, 15) is 14.2 Å². The molecule has 0 heterocycles. The Bertz CT molecular complexity index is 873. The molecule has 0 aromatic heterocycles. The quantitative estimate of drug-likeness (QED) is 0.0272. The first-order valence-corrected chi connectivity index (χ1v) is 24.0. The number of phosphoric acid groups is 1. The van der Waals surface area contributed by atoms with Crippen molar-refractivity contribution in [1.29, 1.82) is 0 Å². The summed E-state index contributed by atoms with van der Waals surface area (Å²) in [5.41, 5.74) is 0. The van der Waals surface area contributed by atoms with E-state index in [2.05, 4.69) is 30.5 Å². The molecule has 0 aliphatic rings. The van der Waals surface area contributed by atoms with Crippen LogP contribution in [0.3, 0.4) is 0 Å². The van der Waals surface area contributed by atoms with Crippen LogP contribution in [0.4, 0.5) is 0 Å².